The predicted molar refractivity (Wildman–Crippen MR) is 43.8 cm³/mol. The van der Waals surface area contributed by atoms with E-state index >= 15 is 0 Å². The van der Waals surface area contributed by atoms with Crippen LogP contribution in [0.5, 0.6) is 0 Å². The van der Waals surface area contributed by atoms with E-state index in [0.29, 0.717) is 0 Å². The lowest BCUT2D eigenvalue weighted by atomic mass is 10.2. The van der Waals surface area contributed by atoms with Gasteiger partial charge in [-0.1, -0.05) is 13.3 Å². The molecule has 0 aliphatic rings. The van der Waals surface area contributed by atoms with Crippen LogP contribution in [0, 0.1) is 0 Å². The lowest BCUT2D eigenvalue weighted by Gasteiger charge is -1.85. The van der Waals surface area contributed by atoms with Gasteiger partial charge in [-0.15, -0.1) is 0 Å². The Bertz CT molecular complexity index is 61.5. The average Bonchev–Trinajstić information content (AvgIpc) is 1.81. The Morgan fingerprint density at radius 2 is 2.38 bits per heavy atom. The minimum Gasteiger partial charge on any atom is -0.436 e. The normalized spacial score (nSPS) is 10.2. The summed E-state index contributed by atoms with van der Waals surface area (Å²) in [6, 6.07) is 0. The second-order valence-electron chi connectivity index (χ2n) is 1.60. The van der Waals surface area contributed by atoms with E-state index in [4.69, 9.17) is 0 Å². The zero-order valence-corrected chi connectivity index (χ0v) is 7.22. The molecule has 0 bridgehead atoms. The highest BCUT2D eigenvalue weighted by Gasteiger charge is 1.75. The molecule has 0 aromatic heterocycles. The second-order valence-corrected chi connectivity index (χ2v) is 2.11. The van der Waals surface area contributed by atoms with Crippen LogP contribution in [0.4, 0.5) is 0 Å². The van der Waals surface area contributed by atoms with Gasteiger partial charge in [-0.3, -0.25) is 0 Å². The zero-order valence-electron chi connectivity index (χ0n) is 5.06. The number of hydrogen-bond donors (Lipinski definition) is 0. The van der Waals surface area contributed by atoms with Crippen molar-refractivity contribution < 1.29 is 3.07 Å². The van der Waals surface area contributed by atoms with E-state index in [2.05, 4.69) is 9.99 Å². The fourth-order valence-electron chi connectivity index (χ4n) is 0.426. The molecule has 2 heteroatoms. The van der Waals surface area contributed by atoms with Gasteiger partial charge in [0.1, 0.15) is 0 Å². The molecule has 0 saturated carbocycles. The first-order valence-electron chi connectivity index (χ1n) is 2.84. The molecule has 0 atom stereocenters. The van der Waals surface area contributed by atoms with Crippen molar-refractivity contribution in [3.05, 3.63) is 12.3 Å². The summed E-state index contributed by atoms with van der Waals surface area (Å²) >= 11 is 1.85. The predicted octanol–water partition coefficient (Wildman–Crippen LogP) is 3.06. The van der Waals surface area contributed by atoms with Gasteiger partial charge in [-0.05, 0) is 18.9 Å². The highest BCUT2D eigenvalue weighted by Crippen LogP contribution is 1.96. The van der Waals surface area contributed by atoms with Crippen molar-refractivity contribution in [1.29, 1.82) is 0 Å². The molecule has 0 unspecified atom stereocenters. The van der Waals surface area contributed by atoms with Crippen LogP contribution in [0.25, 0.3) is 0 Å². The Labute approximate surface area is 64.8 Å². The SMILES string of the molecule is CCCCC=COI. The molecule has 0 aromatic rings. The molecule has 0 spiro atoms. The smallest absolute Gasteiger partial charge is 0.191 e. The van der Waals surface area contributed by atoms with E-state index in [9.17, 15) is 0 Å². The van der Waals surface area contributed by atoms with Crippen LogP contribution in [0.15, 0.2) is 12.3 Å². The summed E-state index contributed by atoms with van der Waals surface area (Å²) in [6.45, 7) is 2.18. The molecule has 0 aliphatic carbocycles. The lowest BCUT2D eigenvalue weighted by Crippen LogP contribution is -1.65. The van der Waals surface area contributed by atoms with Crippen molar-refractivity contribution in [2.75, 3.05) is 0 Å². The van der Waals surface area contributed by atoms with Gasteiger partial charge in [0, 0.05) is 0 Å². The third-order valence-electron chi connectivity index (χ3n) is 0.872. The van der Waals surface area contributed by atoms with Gasteiger partial charge >= 0.3 is 0 Å². The zero-order chi connectivity index (χ0) is 6.24. The van der Waals surface area contributed by atoms with E-state index in [1.54, 1.807) is 6.26 Å². The number of hydrogen-bond acceptors (Lipinski definition) is 1. The molecular formula is C6H11IO. The van der Waals surface area contributed by atoms with Gasteiger partial charge in [0.25, 0.3) is 0 Å². The quantitative estimate of drug-likeness (QED) is 0.406. The standard InChI is InChI=1S/C6H11IO/c1-2-3-4-5-6-8-7/h5-6H,2-4H2,1H3. The molecule has 0 aliphatic heterocycles. The molecule has 1 nitrogen and oxygen atoms in total. The molecule has 0 N–H and O–H groups in total. The molecular weight excluding hydrogens is 215 g/mol. The van der Waals surface area contributed by atoms with E-state index in [0.717, 1.165) is 6.42 Å². The van der Waals surface area contributed by atoms with Gasteiger partial charge in [0.2, 0.25) is 0 Å². The number of rotatable bonds is 4. The topological polar surface area (TPSA) is 9.23 Å². The fourth-order valence-corrected chi connectivity index (χ4v) is 0.634. The van der Waals surface area contributed by atoms with Crippen molar-refractivity contribution in [3.8, 4) is 0 Å². The lowest BCUT2D eigenvalue weighted by molar-refractivity contribution is 0.629. The first kappa shape index (κ1) is 8.27. The van der Waals surface area contributed by atoms with Crippen molar-refractivity contribution in [3.63, 3.8) is 0 Å². The maximum atomic E-state index is 4.68. The van der Waals surface area contributed by atoms with Gasteiger partial charge < -0.3 is 3.07 Å². The largest absolute Gasteiger partial charge is 0.436 e. The Hall–Kier alpha value is 0.270. The van der Waals surface area contributed by atoms with Crippen LogP contribution in [0.3, 0.4) is 0 Å². The first-order valence-corrected chi connectivity index (χ1v) is 3.72. The monoisotopic (exact) mass is 226 g/mol. The summed E-state index contributed by atoms with van der Waals surface area (Å²) in [5.41, 5.74) is 0. The minimum absolute atomic E-state index is 1.14. The van der Waals surface area contributed by atoms with E-state index in [1.807, 2.05) is 29.1 Å². The summed E-state index contributed by atoms with van der Waals surface area (Å²) in [5.74, 6) is 0. The molecule has 48 valence electrons. The summed E-state index contributed by atoms with van der Waals surface area (Å²) < 4.78 is 4.68. The Kier molecular flexibility index (Phi) is 7.52. The van der Waals surface area contributed by atoms with Gasteiger partial charge in [-0.2, -0.15) is 0 Å². The van der Waals surface area contributed by atoms with Gasteiger partial charge in [-0.25, -0.2) is 0 Å². The number of unbranched alkanes of at least 4 members (excludes halogenated alkanes) is 2. The molecule has 0 saturated heterocycles. The maximum absolute atomic E-state index is 4.68. The third kappa shape index (κ3) is 6.27. The van der Waals surface area contributed by atoms with Crippen LogP contribution in [0.1, 0.15) is 26.2 Å². The molecule has 0 aromatic carbocycles. The van der Waals surface area contributed by atoms with Crippen molar-refractivity contribution >= 4 is 23.0 Å². The number of allylic oxidation sites excluding steroid dienone is 1. The van der Waals surface area contributed by atoms with Crippen LogP contribution in [0.2, 0.25) is 0 Å². The van der Waals surface area contributed by atoms with Crippen LogP contribution >= 0.6 is 23.0 Å². The van der Waals surface area contributed by atoms with Gasteiger partial charge in [0.15, 0.2) is 23.0 Å². The Morgan fingerprint density at radius 1 is 1.62 bits per heavy atom. The van der Waals surface area contributed by atoms with E-state index in [-0.39, 0.29) is 0 Å². The molecule has 0 fully saturated rings. The minimum atomic E-state index is 1.14. The summed E-state index contributed by atoms with van der Waals surface area (Å²) in [6.07, 6.45) is 7.41. The third-order valence-corrected chi connectivity index (χ3v) is 1.17. The fraction of sp³-hybridized carbons (Fsp3) is 0.667. The summed E-state index contributed by atoms with van der Waals surface area (Å²) in [4.78, 5) is 0. The Balaban J connectivity index is 2.80. The van der Waals surface area contributed by atoms with E-state index in [1.165, 1.54) is 12.8 Å². The highest BCUT2D eigenvalue weighted by atomic mass is 127. The molecule has 0 radical (unpaired) electrons. The van der Waals surface area contributed by atoms with Gasteiger partial charge in [0.05, 0.1) is 6.26 Å². The van der Waals surface area contributed by atoms with Crippen LogP contribution in [-0.4, -0.2) is 0 Å². The number of halogens is 1. The molecule has 0 heterocycles. The van der Waals surface area contributed by atoms with Crippen molar-refractivity contribution in [2.24, 2.45) is 0 Å². The second kappa shape index (κ2) is 7.27. The molecule has 0 amide bonds. The highest BCUT2D eigenvalue weighted by molar-refractivity contribution is 14.1. The van der Waals surface area contributed by atoms with Crippen LogP contribution in [-0.2, 0) is 3.07 Å². The van der Waals surface area contributed by atoms with Crippen LogP contribution < -0.4 is 0 Å². The molecule has 0 rings (SSSR count). The van der Waals surface area contributed by atoms with E-state index < -0.39 is 0 Å². The first-order chi connectivity index (χ1) is 3.91. The summed E-state index contributed by atoms with van der Waals surface area (Å²) in [7, 11) is 0. The van der Waals surface area contributed by atoms with Crippen molar-refractivity contribution in [2.45, 2.75) is 26.2 Å². The van der Waals surface area contributed by atoms with Crippen molar-refractivity contribution in [1.82, 2.24) is 0 Å². The maximum Gasteiger partial charge on any atom is 0.191 e. The Morgan fingerprint density at radius 3 is 2.88 bits per heavy atom. The average molecular weight is 226 g/mol. The summed E-state index contributed by atoms with van der Waals surface area (Å²) in [5, 5.41) is 0. The molecule has 8 heavy (non-hydrogen) atoms.